The Labute approximate surface area is 168 Å². The smallest absolute Gasteiger partial charge is 0.263 e. The molecule has 0 saturated heterocycles. The molecule has 0 saturated carbocycles. The largest absolute Gasteiger partial charge is 0.362 e. The van der Waals surface area contributed by atoms with Gasteiger partial charge in [-0.2, -0.15) is 0 Å². The highest BCUT2D eigenvalue weighted by Gasteiger charge is 2.31. The minimum absolute atomic E-state index is 0.100. The summed E-state index contributed by atoms with van der Waals surface area (Å²) in [4.78, 5) is 10.3. The van der Waals surface area contributed by atoms with Crippen LogP contribution in [0.3, 0.4) is 0 Å². The van der Waals surface area contributed by atoms with E-state index in [0.717, 1.165) is 6.42 Å². The number of nitrogens with one attached hydrogen (secondary N) is 1. The van der Waals surface area contributed by atoms with Crippen LogP contribution in [0.2, 0.25) is 0 Å². The van der Waals surface area contributed by atoms with Crippen LogP contribution in [0.25, 0.3) is 0 Å². The number of nitrogens with zero attached hydrogens (tertiary/aromatic N) is 3. The first-order valence-corrected chi connectivity index (χ1v) is 10.4. The van der Waals surface area contributed by atoms with E-state index in [9.17, 15) is 8.42 Å². The summed E-state index contributed by atoms with van der Waals surface area (Å²) in [5, 5.41) is 0. The third-order valence-corrected chi connectivity index (χ3v) is 5.31. The summed E-state index contributed by atoms with van der Waals surface area (Å²) in [6.45, 7) is 1.97. The van der Waals surface area contributed by atoms with Gasteiger partial charge < -0.3 is 4.90 Å². The van der Waals surface area contributed by atoms with Crippen LogP contribution in [0.1, 0.15) is 24.7 Å². The zero-order valence-electron chi connectivity index (χ0n) is 14.5. The second-order valence-electron chi connectivity index (χ2n) is 5.76. The van der Waals surface area contributed by atoms with Gasteiger partial charge in [-0.1, -0.05) is 66.3 Å². The van der Waals surface area contributed by atoms with Crippen molar-refractivity contribution in [2.45, 2.75) is 28.5 Å². The van der Waals surface area contributed by atoms with Gasteiger partial charge in [0.05, 0.1) is 4.90 Å². The van der Waals surface area contributed by atoms with Crippen molar-refractivity contribution < 1.29 is 8.42 Å². The van der Waals surface area contributed by atoms with Gasteiger partial charge in [-0.15, -0.1) is 0 Å². The van der Waals surface area contributed by atoms with E-state index in [-0.39, 0.29) is 16.5 Å². The van der Waals surface area contributed by atoms with Crippen molar-refractivity contribution in [2.24, 2.45) is 0 Å². The molecule has 2 rings (SSSR count). The van der Waals surface area contributed by atoms with Crippen molar-refractivity contribution in [1.29, 1.82) is 0 Å². The number of halogens is 3. The second-order valence-corrected chi connectivity index (χ2v) is 9.72. The van der Waals surface area contributed by atoms with Gasteiger partial charge in [0.2, 0.25) is 3.79 Å². The standard InChI is InChI=1S/C16H19Cl3N4O2S/c1-4-8-12-13(22-26(24,25)11-9-6-5-7-10-11)20-15(16(17,18)19)21-14(12)23(2)3/h5-7,9-10H,4,8H2,1-3H3,(H,20,21,22). The maximum absolute atomic E-state index is 12.7. The van der Waals surface area contributed by atoms with E-state index >= 15 is 0 Å². The summed E-state index contributed by atoms with van der Waals surface area (Å²) in [7, 11) is -0.293. The Morgan fingerprint density at radius 1 is 1.12 bits per heavy atom. The predicted octanol–water partition coefficient (Wildman–Crippen LogP) is 4.12. The monoisotopic (exact) mass is 436 g/mol. The number of anilines is 2. The molecular formula is C16H19Cl3N4O2S. The molecule has 1 aromatic carbocycles. The Hall–Kier alpha value is -1.28. The van der Waals surface area contributed by atoms with E-state index in [0.29, 0.717) is 17.8 Å². The van der Waals surface area contributed by atoms with Crippen LogP contribution in [-0.2, 0) is 20.2 Å². The fraction of sp³-hybridized carbons (Fsp3) is 0.375. The van der Waals surface area contributed by atoms with Crippen LogP contribution in [-0.4, -0.2) is 32.5 Å². The minimum atomic E-state index is -3.85. The maximum Gasteiger partial charge on any atom is 0.263 e. The van der Waals surface area contributed by atoms with Gasteiger partial charge in [0.25, 0.3) is 10.0 Å². The number of rotatable bonds is 6. The molecule has 1 heterocycles. The van der Waals surface area contributed by atoms with Crippen molar-refractivity contribution in [2.75, 3.05) is 23.7 Å². The summed E-state index contributed by atoms with van der Waals surface area (Å²) in [6.07, 6.45) is 1.32. The number of hydrogen-bond donors (Lipinski definition) is 1. The lowest BCUT2D eigenvalue weighted by Crippen LogP contribution is -2.22. The quantitative estimate of drug-likeness (QED) is 0.688. The molecule has 0 aliphatic rings. The van der Waals surface area contributed by atoms with Crippen molar-refractivity contribution >= 4 is 56.5 Å². The van der Waals surface area contributed by atoms with E-state index in [1.807, 2.05) is 6.92 Å². The Balaban J connectivity index is 2.63. The zero-order valence-corrected chi connectivity index (χ0v) is 17.6. The van der Waals surface area contributed by atoms with Gasteiger partial charge in [0.15, 0.2) is 5.82 Å². The van der Waals surface area contributed by atoms with Crippen LogP contribution in [0.15, 0.2) is 35.2 Å². The van der Waals surface area contributed by atoms with Crippen LogP contribution in [0.5, 0.6) is 0 Å². The number of hydrogen-bond acceptors (Lipinski definition) is 5. The third-order valence-electron chi connectivity index (χ3n) is 3.45. The highest BCUT2D eigenvalue weighted by molar-refractivity contribution is 7.92. The van der Waals surface area contributed by atoms with Gasteiger partial charge >= 0.3 is 0 Å². The topological polar surface area (TPSA) is 75.2 Å². The van der Waals surface area contributed by atoms with E-state index in [1.165, 1.54) is 12.1 Å². The van der Waals surface area contributed by atoms with Crippen molar-refractivity contribution in [1.82, 2.24) is 9.97 Å². The molecule has 0 radical (unpaired) electrons. The van der Waals surface area contributed by atoms with Crippen LogP contribution in [0, 0.1) is 0 Å². The molecular weight excluding hydrogens is 419 g/mol. The maximum atomic E-state index is 12.7. The van der Waals surface area contributed by atoms with Crippen molar-refractivity contribution in [3.63, 3.8) is 0 Å². The van der Waals surface area contributed by atoms with E-state index in [1.54, 1.807) is 37.2 Å². The van der Waals surface area contributed by atoms with Gasteiger partial charge in [-0.05, 0) is 18.6 Å². The summed E-state index contributed by atoms with van der Waals surface area (Å²) in [5.74, 6) is 0.501. The summed E-state index contributed by atoms with van der Waals surface area (Å²) < 4.78 is 26.1. The molecule has 0 aliphatic carbocycles. The lowest BCUT2D eigenvalue weighted by Gasteiger charge is -2.22. The Bertz CT molecular complexity index is 869. The molecule has 10 heteroatoms. The van der Waals surface area contributed by atoms with E-state index < -0.39 is 13.8 Å². The van der Waals surface area contributed by atoms with Gasteiger partial charge in [0.1, 0.15) is 11.6 Å². The SMILES string of the molecule is CCCc1c(NS(=O)(=O)c2ccccc2)nc(C(Cl)(Cl)Cl)nc1N(C)C. The molecule has 1 aromatic heterocycles. The first kappa shape index (κ1) is 21.0. The van der Waals surface area contributed by atoms with Crippen molar-refractivity contribution in [3.05, 3.63) is 41.7 Å². The highest BCUT2D eigenvalue weighted by Crippen LogP contribution is 2.39. The zero-order chi connectivity index (χ0) is 19.5. The molecule has 6 nitrogen and oxygen atoms in total. The average molecular weight is 438 g/mol. The first-order chi connectivity index (χ1) is 12.1. The van der Waals surface area contributed by atoms with Crippen LogP contribution >= 0.6 is 34.8 Å². The molecule has 26 heavy (non-hydrogen) atoms. The van der Waals surface area contributed by atoms with Gasteiger partial charge in [-0.3, -0.25) is 4.72 Å². The Kier molecular flexibility index (Phi) is 6.60. The first-order valence-electron chi connectivity index (χ1n) is 7.79. The van der Waals surface area contributed by atoms with Crippen LogP contribution in [0.4, 0.5) is 11.6 Å². The summed E-state index contributed by atoms with van der Waals surface area (Å²) in [5.41, 5.74) is 0.634. The Morgan fingerprint density at radius 2 is 1.73 bits per heavy atom. The van der Waals surface area contributed by atoms with E-state index in [4.69, 9.17) is 34.8 Å². The second kappa shape index (κ2) is 8.17. The molecule has 0 aliphatic heterocycles. The summed E-state index contributed by atoms with van der Waals surface area (Å²) >= 11 is 17.8. The van der Waals surface area contributed by atoms with E-state index in [2.05, 4.69) is 14.7 Å². The fourth-order valence-electron chi connectivity index (χ4n) is 2.32. The molecule has 0 atom stereocenters. The fourth-order valence-corrected chi connectivity index (χ4v) is 3.63. The van der Waals surface area contributed by atoms with Gasteiger partial charge in [0, 0.05) is 19.7 Å². The average Bonchev–Trinajstić information content (AvgIpc) is 2.55. The molecule has 1 N–H and O–H groups in total. The lowest BCUT2D eigenvalue weighted by atomic mass is 10.1. The lowest BCUT2D eigenvalue weighted by molar-refractivity contribution is 0.601. The molecule has 142 valence electrons. The number of aromatic nitrogens is 2. The normalized spacial score (nSPS) is 12.1. The van der Waals surface area contributed by atoms with Gasteiger partial charge in [-0.25, -0.2) is 18.4 Å². The number of sulfonamides is 1. The third kappa shape index (κ3) is 4.91. The van der Waals surface area contributed by atoms with Crippen molar-refractivity contribution in [3.8, 4) is 0 Å². The predicted molar refractivity (Wildman–Crippen MR) is 107 cm³/mol. The summed E-state index contributed by atoms with van der Waals surface area (Å²) in [6, 6.07) is 7.99. The molecule has 0 spiro atoms. The Morgan fingerprint density at radius 3 is 2.23 bits per heavy atom. The molecule has 0 unspecified atom stereocenters. The minimum Gasteiger partial charge on any atom is -0.362 e. The number of benzene rings is 1. The molecule has 2 aromatic rings. The van der Waals surface area contributed by atoms with Crippen LogP contribution < -0.4 is 9.62 Å². The molecule has 0 fully saturated rings. The highest BCUT2D eigenvalue weighted by atomic mass is 35.6. The number of alkyl halides is 3. The molecule has 0 bridgehead atoms. The molecule has 0 amide bonds.